The van der Waals surface area contributed by atoms with Crippen LogP contribution in [-0.2, 0) is 0 Å². The predicted molar refractivity (Wildman–Crippen MR) is 63.4 cm³/mol. The van der Waals surface area contributed by atoms with E-state index in [9.17, 15) is 9.90 Å². The quantitative estimate of drug-likeness (QED) is 0.908. The lowest BCUT2D eigenvalue weighted by Gasteiger charge is -2.00. The molecule has 0 amide bonds. The number of hydrogen-bond donors (Lipinski definition) is 1. The predicted octanol–water partition coefficient (Wildman–Crippen LogP) is 2.93. The van der Waals surface area contributed by atoms with Gasteiger partial charge in [0.15, 0.2) is 5.76 Å². The van der Waals surface area contributed by atoms with Gasteiger partial charge in [0, 0.05) is 5.92 Å². The van der Waals surface area contributed by atoms with Gasteiger partial charge in [-0.15, -0.1) is 11.3 Å². The molecular formula is C11H12N2O3S. The molecule has 1 N–H and O–H groups in total. The van der Waals surface area contributed by atoms with Gasteiger partial charge in [-0.25, -0.2) is 9.78 Å². The molecule has 0 aliphatic heterocycles. The first-order valence-corrected chi connectivity index (χ1v) is 6.03. The molecular weight excluding hydrogens is 240 g/mol. The molecule has 17 heavy (non-hydrogen) atoms. The Morgan fingerprint density at radius 3 is 2.71 bits per heavy atom. The number of carbonyl (C=O) groups is 1. The molecule has 0 aromatic carbocycles. The summed E-state index contributed by atoms with van der Waals surface area (Å²) in [5.41, 5.74) is 2.95. The lowest BCUT2D eigenvalue weighted by atomic mass is 10.0. The Hall–Kier alpha value is -1.69. The maximum atomic E-state index is 11.3. The van der Waals surface area contributed by atoms with Crippen molar-refractivity contribution < 1.29 is 14.4 Å². The summed E-state index contributed by atoms with van der Waals surface area (Å²) >= 11 is 1.36. The maximum Gasteiger partial charge on any atom is 0.341 e. The molecule has 0 spiro atoms. The first kappa shape index (κ1) is 11.8. The highest BCUT2D eigenvalue weighted by Gasteiger charge is 2.26. The van der Waals surface area contributed by atoms with Crippen LogP contribution in [0.1, 0.15) is 41.6 Å². The third-order valence-corrected chi connectivity index (χ3v) is 3.35. The summed E-state index contributed by atoms with van der Waals surface area (Å²) in [6.45, 7) is 5.56. The summed E-state index contributed by atoms with van der Waals surface area (Å²) < 4.78 is 5.15. The van der Waals surface area contributed by atoms with Crippen LogP contribution in [0.2, 0.25) is 0 Å². The molecule has 0 fully saturated rings. The molecule has 0 unspecified atom stereocenters. The third kappa shape index (κ3) is 1.95. The molecule has 6 heteroatoms. The van der Waals surface area contributed by atoms with Gasteiger partial charge in [-0.1, -0.05) is 19.0 Å². The van der Waals surface area contributed by atoms with E-state index in [4.69, 9.17) is 4.52 Å². The number of aromatic carboxylic acids is 1. The molecule has 2 aromatic heterocycles. The SMILES string of the molecule is Cc1ncsc1-c1noc(C(C)C)c1C(=O)O. The molecule has 0 saturated carbocycles. The van der Waals surface area contributed by atoms with E-state index in [0.29, 0.717) is 11.5 Å². The van der Waals surface area contributed by atoms with Gasteiger partial charge in [-0.2, -0.15) is 0 Å². The summed E-state index contributed by atoms with van der Waals surface area (Å²) in [5.74, 6) is -0.631. The highest BCUT2D eigenvalue weighted by Crippen LogP contribution is 2.33. The Bertz CT molecular complexity index is 557. The average Bonchev–Trinajstić information content (AvgIpc) is 2.82. The van der Waals surface area contributed by atoms with Crippen molar-refractivity contribution in [3.63, 3.8) is 0 Å². The minimum absolute atomic E-state index is 0.0180. The van der Waals surface area contributed by atoms with Crippen molar-refractivity contribution in [2.24, 2.45) is 0 Å². The first-order chi connectivity index (χ1) is 8.02. The second-order valence-corrected chi connectivity index (χ2v) is 4.85. The van der Waals surface area contributed by atoms with Crippen molar-refractivity contribution in [3.8, 4) is 10.6 Å². The van der Waals surface area contributed by atoms with Crippen LogP contribution in [0.25, 0.3) is 10.6 Å². The summed E-state index contributed by atoms with van der Waals surface area (Å²) in [5, 5.41) is 13.1. The fourth-order valence-corrected chi connectivity index (χ4v) is 2.38. The number of rotatable bonds is 3. The summed E-state index contributed by atoms with van der Waals surface area (Å²) in [6, 6.07) is 0. The molecule has 0 aliphatic rings. The van der Waals surface area contributed by atoms with Gasteiger partial charge in [0.1, 0.15) is 11.3 Å². The summed E-state index contributed by atoms with van der Waals surface area (Å²) in [4.78, 5) is 16.1. The third-order valence-electron chi connectivity index (χ3n) is 2.42. The second-order valence-electron chi connectivity index (χ2n) is 4.00. The standard InChI is InChI=1S/C11H12N2O3S/c1-5(2)9-7(11(14)15)8(13-16-9)10-6(3)12-4-17-10/h4-5H,1-3H3,(H,14,15). The normalized spacial score (nSPS) is 11.1. The Balaban J connectivity index is 2.64. The first-order valence-electron chi connectivity index (χ1n) is 5.15. The van der Waals surface area contributed by atoms with Gasteiger partial charge in [0.05, 0.1) is 16.1 Å². The number of nitrogens with zero attached hydrogens (tertiary/aromatic N) is 2. The number of thiazole rings is 1. The van der Waals surface area contributed by atoms with Gasteiger partial charge in [0.2, 0.25) is 0 Å². The number of aromatic nitrogens is 2. The fraction of sp³-hybridized carbons (Fsp3) is 0.364. The molecule has 0 aliphatic carbocycles. The lowest BCUT2D eigenvalue weighted by molar-refractivity contribution is 0.0694. The van der Waals surface area contributed by atoms with E-state index in [2.05, 4.69) is 10.1 Å². The van der Waals surface area contributed by atoms with Crippen LogP contribution in [-0.4, -0.2) is 21.2 Å². The Kier molecular flexibility index (Phi) is 2.97. The van der Waals surface area contributed by atoms with Gasteiger partial charge < -0.3 is 9.63 Å². The van der Waals surface area contributed by atoms with Crippen molar-refractivity contribution in [2.45, 2.75) is 26.7 Å². The van der Waals surface area contributed by atoms with Crippen molar-refractivity contribution in [1.82, 2.24) is 10.1 Å². The van der Waals surface area contributed by atoms with Gasteiger partial charge >= 0.3 is 5.97 Å². The molecule has 2 heterocycles. The summed E-state index contributed by atoms with van der Waals surface area (Å²) in [6.07, 6.45) is 0. The zero-order valence-corrected chi connectivity index (χ0v) is 10.5. The Labute approximate surface area is 102 Å². The number of aryl methyl sites for hydroxylation is 1. The van der Waals surface area contributed by atoms with Crippen molar-refractivity contribution >= 4 is 17.3 Å². The minimum atomic E-state index is -1.02. The number of hydrogen-bond acceptors (Lipinski definition) is 5. The Morgan fingerprint density at radius 1 is 1.53 bits per heavy atom. The molecule has 5 nitrogen and oxygen atoms in total. The second kappa shape index (κ2) is 4.29. The number of carboxylic acids is 1. The Morgan fingerprint density at radius 2 is 2.24 bits per heavy atom. The van der Waals surface area contributed by atoms with Crippen LogP contribution in [0.3, 0.4) is 0 Å². The van der Waals surface area contributed by atoms with E-state index in [0.717, 1.165) is 10.6 Å². The van der Waals surface area contributed by atoms with Crippen molar-refractivity contribution in [1.29, 1.82) is 0 Å². The molecule has 2 rings (SSSR count). The van der Waals surface area contributed by atoms with Crippen LogP contribution in [0, 0.1) is 6.92 Å². The van der Waals surface area contributed by atoms with Gasteiger partial charge in [0.25, 0.3) is 0 Å². The molecule has 0 radical (unpaired) electrons. The molecule has 0 atom stereocenters. The fourth-order valence-electron chi connectivity index (χ4n) is 1.59. The molecule has 90 valence electrons. The van der Waals surface area contributed by atoms with Crippen LogP contribution in [0.4, 0.5) is 0 Å². The number of carboxylic acid groups (broad SMARTS) is 1. The van der Waals surface area contributed by atoms with Crippen molar-refractivity contribution in [3.05, 3.63) is 22.5 Å². The highest BCUT2D eigenvalue weighted by molar-refractivity contribution is 7.13. The summed E-state index contributed by atoms with van der Waals surface area (Å²) in [7, 11) is 0. The van der Waals surface area contributed by atoms with Gasteiger partial charge in [-0.3, -0.25) is 0 Å². The lowest BCUT2D eigenvalue weighted by Crippen LogP contribution is -2.02. The zero-order valence-electron chi connectivity index (χ0n) is 9.72. The largest absolute Gasteiger partial charge is 0.477 e. The van der Waals surface area contributed by atoms with Crippen LogP contribution in [0.5, 0.6) is 0 Å². The van der Waals surface area contributed by atoms with Crippen LogP contribution in [0.15, 0.2) is 10.0 Å². The van der Waals surface area contributed by atoms with E-state index in [1.54, 1.807) is 5.51 Å². The van der Waals surface area contributed by atoms with Crippen LogP contribution < -0.4 is 0 Å². The van der Waals surface area contributed by atoms with Crippen molar-refractivity contribution in [2.75, 3.05) is 0 Å². The minimum Gasteiger partial charge on any atom is -0.477 e. The molecule has 0 saturated heterocycles. The highest BCUT2D eigenvalue weighted by atomic mass is 32.1. The average molecular weight is 252 g/mol. The van der Waals surface area contributed by atoms with E-state index in [1.165, 1.54) is 11.3 Å². The van der Waals surface area contributed by atoms with E-state index < -0.39 is 5.97 Å². The molecule has 2 aromatic rings. The van der Waals surface area contributed by atoms with E-state index in [-0.39, 0.29) is 11.5 Å². The topological polar surface area (TPSA) is 76.2 Å². The van der Waals surface area contributed by atoms with Gasteiger partial charge in [-0.05, 0) is 6.92 Å². The van der Waals surface area contributed by atoms with E-state index in [1.807, 2.05) is 20.8 Å². The zero-order chi connectivity index (χ0) is 12.6. The van der Waals surface area contributed by atoms with E-state index >= 15 is 0 Å². The monoisotopic (exact) mass is 252 g/mol. The molecule has 0 bridgehead atoms. The maximum absolute atomic E-state index is 11.3. The van der Waals surface area contributed by atoms with Crippen LogP contribution >= 0.6 is 11.3 Å². The smallest absolute Gasteiger partial charge is 0.341 e.